The highest BCUT2D eigenvalue weighted by Crippen LogP contribution is 2.15. The maximum absolute atomic E-state index is 4.31. The lowest BCUT2D eigenvalue weighted by atomic mass is 10.1. The van der Waals surface area contributed by atoms with Crippen molar-refractivity contribution in [3.8, 4) is 0 Å². The van der Waals surface area contributed by atoms with Gasteiger partial charge in [-0.15, -0.1) is 0 Å². The van der Waals surface area contributed by atoms with Crippen molar-refractivity contribution in [2.75, 3.05) is 0 Å². The van der Waals surface area contributed by atoms with Crippen molar-refractivity contribution < 1.29 is 0 Å². The van der Waals surface area contributed by atoms with E-state index in [1.165, 1.54) is 5.56 Å². The molecule has 88 valence electrons. The lowest BCUT2D eigenvalue weighted by Crippen LogP contribution is -1.89. The minimum Gasteiger partial charge on any atom is -0.275 e. The second kappa shape index (κ2) is 9.50. The molecule has 0 aliphatic heterocycles. The summed E-state index contributed by atoms with van der Waals surface area (Å²) in [7, 11) is 1.94. The van der Waals surface area contributed by atoms with Gasteiger partial charge in [0.15, 0.2) is 0 Å². The van der Waals surface area contributed by atoms with Gasteiger partial charge in [0.1, 0.15) is 0 Å². The molecule has 1 aromatic heterocycles. The molecule has 2 heteroatoms. The first-order valence-electron chi connectivity index (χ1n) is 5.83. The molecule has 0 radical (unpaired) electrons. The lowest BCUT2D eigenvalue weighted by molar-refractivity contribution is 0.746. The summed E-state index contributed by atoms with van der Waals surface area (Å²) in [5.74, 6) is 0. The molecule has 0 amide bonds. The van der Waals surface area contributed by atoms with Crippen LogP contribution < -0.4 is 0 Å². The van der Waals surface area contributed by atoms with Gasteiger partial charge in [-0.2, -0.15) is 5.10 Å². The molecule has 0 aliphatic carbocycles. The van der Waals surface area contributed by atoms with Crippen LogP contribution in [-0.2, 0) is 13.5 Å². The Hall–Kier alpha value is -1.05. The SMILES string of the molecule is C=C(C)c1cn(C)nc1CC.CC.CC. The Labute approximate surface area is 95.0 Å². The third kappa shape index (κ3) is 5.40. The fourth-order valence-electron chi connectivity index (χ4n) is 1.15. The molecule has 0 fully saturated rings. The summed E-state index contributed by atoms with van der Waals surface area (Å²) in [6.45, 7) is 16.0. The smallest absolute Gasteiger partial charge is 0.0696 e. The first kappa shape index (κ1) is 16.4. The van der Waals surface area contributed by atoms with Gasteiger partial charge in [0.25, 0.3) is 0 Å². The van der Waals surface area contributed by atoms with E-state index in [0.717, 1.165) is 17.7 Å². The molecule has 0 saturated heterocycles. The Morgan fingerprint density at radius 1 is 1.33 bits per heavy atom. The molecule has 0 aromatic carbocycles. The maximum Gasteiger partial charge on any atom is 0.0696 e. The summed E-state index contributed by atoms with van der Waals surface area (Å²) in [5.41, 5.74) is 3.42. The van der Waals surface area contributed by atoms with E-state index in [-0.39, 0.29) is 0 Å². The first-order chi connectivity index (χ1) is 7.15. The molecule has 0 unspecified atom stereocenters. The topological polar surface area (TPSA) is 17.8 Å². The molecule has 0 spiro atoms. The Morgan fingerprint density at radius 2 is 1.80 bits per heavy atom. The highest BCUT2D eigenvalue weighted by molar-refractivity contribution is 5.62. The van der Waals surface area contributed by atoms with E-state index < -0.39 is 0 Å². The van der Waals surface area contributed by atoms with Crippen molar-refractivity contribution in [3.63, 3.8) is 0 Å². The van der Waals surface area contributed by atoms with Crippen LogP contribution in [0.2, 0.25) is 0 Å². The second-order valence-electron chi connectivity index (χ2n) is 2.80. The minimum atomic E-state index is 0.975. The van der Waals surface area contributed by atoms with Crippen LogP contribution in [0.25, 0.3) is 5.57 Å². The molecule has 0 N–H and O–H groups in total. The van der Waals surface area contributed by atoms with Crippen molar-refractivity contribution in [3.05, 3.63) is 24.0 Å². The summed E-state index contributed by atoms with van der Waals surface area (Å²) in [5, 5.41) is 4.31. The van der Waals surface area contributed by atoms with Gasteiger partial charge in [-0.25, -0.2) is 0 Å². The van der Waals surface area contributed by atoms with Gasteiger partial charge in [-0.3, -0.25) is 4.68 Å². The van der Waals surface area contributed by atoms with E-state index in [2.05, 4.69) is 18.6 Å². The summed E-state index contributed by atoms with van der Waals surface area (Å²) in [4.78, 5) is 0. The largest absolute Gasteiger partial charge is 0.275 e. The Bertz CT molecular complexity index is 272. The van der Waals surface area contributed by atoms with Gasteiger partial charge >= 0.3 is 0 Å². The molecular formula is C13H26N2. The summed E-state index contributed by atoms with van der Waals surface area (Å²) in [6, 6.07) is 0. The summed E-state index contributed by atoms with van der Waals surface area (Å²) < 4.78 is 1.84. The highest BCUT2D eigenvalue weighted by Gasteiger charge is 2.04. The zero-order valence-corrected chi connectivity index (χ0v) is 11.4. The molecule has 2 nitrogen and oxygen atoms in total. The van der Waals surface area contributed by atoms with E-state index in [1.807, 2.05) is 52.5 Å². The third-order valence-electron chi connectivity index (χ3n) is 1.70. The molecule has 1 aromatic rings. The van der Waals surface area contributed by atoms with Crippen molar-refractivity contribution in [2.24, 2.45) is 7.05 Å². The maximum atomic E-state index is 4.31. The van der Waals surface area contributed by atoms with Gasteiger partial charge in [-0.05, 0) is 18.9 Å². The molecule has 0 saturated carbocycles. The standard InChI is InChI=1S/C9H14N2.2C2H6/c1-5-9-8(7(2)3)6-11(4)10-9;2*1-2/h6H,2,5H2,1,3-4H3;2*1-2H3. The monoisotopic (exact) mass is 210 g/mol. The first-order valence-corrected chi connectivity index (χ1v) is 5.83. The average Bonchev–Trinajstić information content (AvgIpc) is 2.65. The van der Waals surface area contributed by atoms with E-state index in [1.54, 1.807) is 0 Å². The molecule has 0 aliphatic rings. The second-order valence-corrected chi connectivity index (χ2v) is 2.80. The number of rotatable bonds is 2. The number of hydrogen-bond acceptors (Lipinski definition) is 1. The Morgan fingerprint density at radius 3 is 2.07 bits per heavy atom. The highest BCUT2D eigenvalue weighted by atomic mass is 15.2. The van der Waals surface area contributed by atoms with E-state index >= 15 is 0 Å². The number of aromatic nitrogens is 2. The fourth-order valence-corrected chi connectivity index (χ4v) is 1.15. The molecule has 0 atom stereocenters. The molecule has 0 bridgehead atoms. The number of aryl methyl sites for hydroxylation is 2. The van der Waals surface area contributed by atoms with Gasteiger partial charge in [-0.1, -0.05) is 41.2 Å². The van der Waals surface area contributed by atoms with Crippen LogP contribution in [0.1, 0.15) is 52.8 Å². The quantitative estimate of drug-likeness (QED) is 0.719. The normalized spacial score (nSPS) is 8.20. The Kier molecular flexibility index (Phi) is 10.4. The number of hydrogen-bond donors (Lipinski definition) is 0. The lowest BCUT2D eigenvalue weighted by Gasteiger charge is -1.94. The molecule has 1 heterocycles. The minimum absolute atomic E-state index is 0.975. The van der Waals surface area contributed by atoms with Crippen LogP contribution in [0.15, 0.2) is 12.8 Å². The van der Waals surface area contributed by atoms with Gasteiger partial charge in [0, 0.05) is 18.8 Å². The van der Waals surface area contributed by atoms with Crippen LogP contribution in [0.4, 0.5) is 0 Å². The van der Waals surface area contributed by atoms with E-state index in [0.29, 0.717) is 0 Å². The van der Waals surface area contributed by atoms with Gasteiger partial charge < -0.3 is 0 Å². The number of nitrogens with zero attached hydrogens (tertiary/aromatic N) is 2. The van der Waals surface area contributed by atoms with Crippen LogP contribution >= 0.6 is 0 Å². The van der Waals surface area contributed by atoms with E-state index in [9.17, 15) is 0 Å². The van der Waals surface area contributed by atoms with E-state index in [4.69, 9.17) is 0 Å². The fraction of sp³-hybridized carbons (Fsp3) is 0.615. The van der Waals surface area contributed by atoms with Crippen molar-refractivity contribution in [1.82, 2.24) is 9.78 Å². The van der Waals surface area contributed by atoms with Crippen LogP contribution in [0.5, 0.6) is 0 Å². The van der Waals surface area contributed by atoms with Gasteiger partial charge in [0.05, 0.1) is 5.69 Å². The predicted octanol–water partition coefficient (Wildman–Crippen LogP) is 4.07. The zero-order chi connectivity index (χ0) is 12.4. The Balaban J connectivity index is 0. The van der Waals surface area contributed by atoms with Crippen LogP contribution in [-0.4, -0.2) is 9.78 Å². The summed E-state index contributed by atoms with van der Waals surface area (Å²) in [6.07, 6.45) is 2.99. The third-order valence-corrected chi connectivity index (χ3v) is 1.70. The van der Waals surface area contributed by atoms with Crippen molar-refractivity contribution in [1.29, 1.82) is 0 Å². The average molecular weight is 210 g/mol. The molecular weight excluding hydrogens is 184 g/mol. The van der Waals surface area contributed by atoms with Gasteiger partial charge in [0.2, 0.25) is 0 Å². The predicted molar refractivity (Wildman–Crippen MR) is 70.0 cm³/mol. The van der Waals surface area contributed by atoms with Crippen molar-refractivity contribution >= 4 is 5.57 Å². The van der Waals surface area contributed by atoms with Crippen LogP contribution in [0, 0.1) is 0 Å². The van der Waals surface area contributed by atoms with Crippen molar-refractivity contribution in [2.45, 2.75) is 48.0 Å². The number of allylic oxidation sites excluding steroid dienone is 1. The molecule has 15 heavy (non-hydrogen) atoms. The van der Waals surface area contributed by atoms with Crippen LogP contribution in [0.3, 0.4) is 0 Å². The zero-order valence-electron chi connectivity index (χ0n) is 11.4. The summed E-state index contributed by atoms with van der Waals surface area (Å²) >= 11 is 0. The molecule has 1 rings (SSSR count).